The number of anilines is 1. The number of nitrogens with one attached hydrogen (secondary N) is 1. The molecular formula is C22H25ClN2O3. The molecular weight excluding hydrogens is 376 g/mol. The van der Waals surface area contributed by atoms with Gasteiger partial charge in [-0.2, -0.15) is 0 Å². The van der Waals surface area contributed by atoms with Crippen molar-refractivity contribution in [3.63, 3.8) is 0 Å². The smallest absolute Gasteiger partial charge is 0.266 e. The maximum atomic E-state index is 12.3. The quantitative estimate of drug-likeness (QED) is 0.824. The number of methoxy groups -OCH3 is 1. The number of nitrogens with zero attached hydrogens (tertiary/aromatic N) is 1. The molecule has 6 heteroatoms. The third-order valence-corrected chi connectivity index (χ3v) is 5.97. The first-order valence-electron chi connectivity index (χ1n) is 9.73. The molecule has 2 aliphatic heterocycles. The Kier molecular flexibility index (Phi) is 5.74. The first-order chi connectivity index (χ1) is 13.6. The van der Waals surface area contributed by atoms with E-state index in [-0.39, 0.29) is 5.91 Å². The van der Waals surface area contributed by atoms with Gasteiger partial charge in [0.15, 0.2) is 6.10 Å². The van der Waals surface area contributed by atoms with Gasteiger partial charge in [-0.1, -0.05) is 23.7 Å². The van der Waals surface area contributed by atoms with Crippen molar-refractivity contribution < 1.29 is 14.3 Å². The second-order valence-electron chi connectivity index (χ2n) is 7.50. The van der Waals surface area contributed by atoms with Gasteiger partial charge in [0.2, 0.25) is 0 Å². The zero-order valence-corrected chi connectivity index (χ0v) is 16.7. The number of piperidine rings is 1. The predicted octanol–water partition coefficient (Wildman–Crippen LogP) is 4.00. The molecule has 0 bridgehead atoms. The highest BCUT2D eigenvalue weighted by molar-refractivity contribution is 6.31. The van der Waals surface area contributed by atoms with Gasteiger partial charge in [0.1, 0.15) is 11.5 Å². The SMILES string of the molecule is COc1ccc(Cl)c(CC2CCN(CC3Oc4ccccc4NC3=O)CC2)c1. The Morgan fingerprint density at radius 1 is 1.21 bits per heavy atom. The lowest BCUT2D eigenvalue weighted by Crippen LogP contribution is -2.47. The molecule has 1 unspecified atom stereocenters. The topological polar surface area (TPSA) is 50.8 Å². The summed E-state index contributed by atoms with van der Waals surface area (Å²) in [5.74, 6) is 2.11. The van der Waals surface area contributed by atoms with Crippen LogP contribution in [-0.4, -0.2) is 43.7 Å². The molecule has 1 saturated heterocycles. The van der Waals surface area contributed by atoms with Crippen LogP contribution in [-0.2, 0) is 11.2 Å². The average molecular weight is 401 g/mol. The van der Waals surface area contributed by atoms with E-state index in [9.17, 15) is 4.79 Å². The molecule has 28 heavy (non-hydrogen) atoms. The van der Waals surface area contributed by atoms with Crippen LogP contribution in [0.25, 0.3) is 0 Å². The molecule has 1 atom stereocenters. The fraction of sp³-hybridized carbons (Fsp3) is 0.409. The van der Waals surface area contributed by atoms with Crippen molar-refractivity contribution in [3.05, 3.63) is 53.1 Å². The first-order valence-corrected chi connectivity index (χ1v) is 10.1. The Morgan fingerprint density at radius 3 is 2.79 bits per heavy atom. The van der Waals surface area contributed by atoms with E-state index in [1.54, 1.807) is 7.11 Å². The summed E-state index contributed by atoms with van der Waals surface area (Å²) in [4.78, 5) is 14.7. The standard InChI is InChI=1S/C22H25ClN2O3/c1-27-17-6-7-18(23)16(13-17)12-15-8-10-25(11-9-15)14-21-22(26)24-19-4-2-3-5-20(19)28-21/h2-7,13,15,21H,8-12,14H2,1H3,(H,24,26). The van der Waals surface area contributed by atoms with Crippen molar-refractivity contribution >= 4 is 23.2 Å². The van der Waals surface area contributed by atoms with E-state index in [4.69, 9.17) is 21.1 Å². The van der Waals surface area contributed by atoms with Gasteiger partial charge in [-0.3, -0.25) is 9.69 Å². The molecule has 1 fully saturated rings. The molecule has 2 aliphatic rings. The number of fused-ring (bicyclic) bond motifs is 1. The zero-order chi connectivity index (χ0) is 19.5. The van der Waals surface area contributed by atoms with Gasteiger partial charge in [0.25, 0.3) is 5.91 Å². The molecule has 1 amide bonds. The van der Waals surface area contributed by atoms with Crippen molar-refractivity contribution in [2.45, 2.75) is 25.4 Å². The summed E-state index contributed by atoms with van der Waals surface area (Å²) in [6, 6.07) is 13.4. The van der Waals surface area contributed by atoms with E-state index >= 15 is 0 Å². The van der Waals surface area contributed by atoms with Crippen LogP contribution in [0.3, 0.4) is 0 Å². The molecule has 0 spiro atoms. The second kappa shape index (κ2) is 8.41. The van der Waals surface area contributed by atoms with Gasteiger partial charge in [0, 0.05) is 11.6 Å². The van der Waals surface area contributed by atoms with Gasteiger partial charge in [-0.05, 0) is 74.2 Å². The summed E-state index contributed by atoms with van der Waals surface area (Å²) in [6.07, 6.45) is 2.66. The summed E-state index contributed by atoms with van der Waals surface area (Å²) in [7, 11) is 1.67. The first kappa shape index (κ1) is 19.1. The fourth-order valence-corrected chi connectivity index (χ4v) is 4.16. The van der Waals surface area contributed by atoms with Crippen molar-refractivity contribution in [3.8, 4) is 11.5 Å². The lowest BCUT2D eigenvalue weighted by atomic mass is 9.90. The normalized spacial score (nSPS) is 20.2. The number of carbonyl (C=O) groups is 1. The molecule has 2 aromatic carbocycles. The maximum absolute atomic E-state index is 12.3. The molecule has 0 radical (unpaired) electrons. The number of halogens is 1. The van der Waals surface area contributed by atoms with Gasteiger partial charge in [0.05, 0.1) is 12.8 Å². The number of hydrogen-bond acceptors (Lipinski definition) is 4. The Morgan fingerprint density at radius 2 is 2.00 bits per heavy atom. The molecule has 0 aromatic heterocycles. The Labute approximate surface area is 170 Å². The van der Waals surface area contributed by atoms with Crippen LogP contribution in [0.15, 0.2) is 42.5 Å². The molecule has 2 aromatic rings. The molecule has 0 aliphatic carbocycles. The minimum Gasteiger partial charge on any atom is -0.497 e. The number of rotatable bonds is 5. The van der Waals surface area contributed by atoms with Crippen molar-refractivity contribution in [2.75, 3.05) is 32.1 Å². The molecule has 0 saturated carbocycles. The Bertz CT molecular complexity index is 849. The van der Waals surface area contributed by atoms with Crippen LogP contribution < -0.4 is 14.8 Å². The van der Waals surface area contributed by atoms with Crippen LogP contribution in [0.5, 0.6) is 11.5 Å². The highest BCUT2D eigenvalue weighted by Crippen LogP contribution is 2.31. The van der Waals surface area contributed by atoms with Gasteiger partial charge in [-0.25, -0.2) is 0 Å². The summed E-state index contributed by atoms with van der Waals surface area (Å²) in [6.45, 7) is 2.54. The molecule has 148 valence electrons. The van der Waals surface area contributed by atoms with Crippen LogP contribution in [0.2, 0.25) is 5.02 Å². The average Bonchev–Trinajstić information content (AvgIpc) is 2.71. The van der Waals surface area contributed by atoms with E-state index in [1.165, 1.54) is 0 Å². The van der Waals surface area contributed by atoms with E-state index < -0.39 is 6.10 Å². The summed E-state index contributed by atoms with van der Waals surface area (Å²) >= 11 is 6.36. The van der Waals surface area contributed by atoms with E-state index in [0.29, 0.717) is 12.5 Å². The lowest BCUT2D eigenvalue weighted by molar-refractivity contribution is -0.124. The molecule has 2 heterocycles. The molecule has 5 nitrogen and oxygen atoms in total. The van der Waals surface area contributed by atoms with Crippen LogP contribution in [0.1, 0.15) is 18.4 Å². The van der Waals surface area contributed by atoms with Crippen molar-refractivity contribution in [1.82, 2.24) is 4.90 Å². The monoisotopic (exact) mass is 400 g/mol. The minimum atomic E-state index is -0.459. The van der Waals surface area contributed by atoms with Gasteiger partial charge in [-0.15, -0.1) is 0 Å². The Hall–Kier alpha value is -2.24. The number of hydrogen-bond donors (Lipinski definition) is 1. The van der Waals surface area contributed by atoms with Crippen molar-refractivity contribution in [1.29, 1.82) is 0 Å². The number of para-hydroxylation sites is 2. The predicted molar refractivity (Wildman–Crippen MR) is 110 cm³/mol. The maximum Gasteiger partial charge on any atom is 0.266 e. The van der Waals surface area contributed by atoms with Gasteiger partial charge >= 0.3 is 0 Å². The summed E-state index contributed by atoms with van der Waals surface area (Å²) in [5, 5.41) is 3.74. The third kappa shape index (κ3) is 4.26. The summed E-state index contributed by atoms with van der Waals surface area (Å²) < 4.78 is 11.2. The van der Waals surface area contributed by atoms with Crippen LogP contribution >= 0.6 is 11.6 Å². The second-order valence-corrected chi connectivity index (χ2v) is 7.90. The highest BCUT2D eigenvalue weighted by atomic mass is 35.5. The van der Waals surface area contributed by atoms with Crippen molar-refractivity contribution in [2.24, 2.45) is 5.92 Å². The summed E-state index contributed by atoms with van der Waals surface area (Å²) in [5.41, 5.74) is 1.89. The zero-order valence-electron chi connectivity index (χ0n) is 16.0. The molecule has 1 N–H and O–H groups in total. The number of carbonyl (C=O) groups excluding carboxylic acids is 1. The minimum absolute atomic E-state index is 0.0658. The van der Waals surface area contributed by atoms with E-state index in [2.05, 4.69) is 10.2 Å². The number of ether oxygens (including phenoxy) is 2. The lowest BCUT2D eigenvalue weighted by Gasteiger charge is -2.35. The number of likely N-dealkylation sites (tertiary alicyclic amines) is 1. The Balaban J connectivity index is 1.31. The van der Waals surface area contributed by atoms with Crippen LogP contribution in [0.4, 0.5) is 5.69 Å². The van der Waals surface area contributed by atoms with E-state index in [1.807, 2.05) is 42.5 Å². The largest absolute Gasteiger partial charge is 0.497 e. The molecule has 4 rings (SSSR count). The number of amides is 1. The van der Waals surface area contributed by atoms with E-state index in [0.717, 1.165) is 60.1 Å². The van der Waals surface area contributed by atoms with Gasteiger partial charge < -0.3 is 14.8 Å². The van der Waals surface area contributed by atoms with Crippen LogP contribution in [0, 0.1) is 5.92 Å². The fourth-order valence-electron chi connectivity index (χ4n) is 3.97. The third-order valence-electron chi connectivity index (χ3n) is 5.60. The highest BCUT2D eigenvalue weighted by Gasteiger charge is 2.30. The number of benzene rings is 2.